The maximum absolute atomic E-state index is 13.0. The number of nitrogens with one attached hydrogen (secondary N) is 1. The van der Waals surface area contributed by atoms with Crippen LogP contribution >= 0.6 is 35.0 Å². The van der Waals surface area contributed by atoms with Gasteiger partial charge in [-0.25, -0.2) is 0 Å². The van der Waals surface area contributed by atoms with E-state index in [0.717, 1.165) is 22.6 Å². The lowest BCUT2D eigenvalue weighted by Crippen LogP contribution is -2.48. The average molecular weight is 424 g/mol. The van der Waals surface area contributed by atoms with Gasteiger partial charge in [-0.1, -0.05) is 59.6 Å². The molecule has 144 valence electrons. The van der Waals surface area contributed by atoms with Crippen molar-refractivity contribution in [2.24, 2.45) is 0 Å². The van der Waals surface area contributed by atoms with Crippen LogP contribution in [0.3, 0.4) is 0 Å². The molecule has 0 saturated carbocycles. The molecule has 1 aliphatic rings. The first-order valence-corrected chi connectivity index (χ1v) is 11.0. The number of benzene rings is 2. The molecule has 6 heteroatoms. The first-order valence-electron chi connectivity index (χ1n) is 9.06. The van der Waals surface area contributed by atoms with Crippen molar-refractivity contribution in [2.75, 3.05) is 25.5 Å². The van der Waals surface area contributed by atoms with Gasteiger partial charge in [0.1, 0.15) is 0 Å². The molecule has 0 radical (unpaired) electrons. The largest absolute Gasteiger partial charge is 0.381 e. The lowest BCUT2D eigenvalue weighted by Gasteiger charge is -2.36. The molecular formula is C21H23Cl2NO2S. The highest BCUT2D eigenvalue weighted by Gasteiger charge is 2.41. The summed E-state index contributed by atoms with van der Waals surface area (Å²) in [7, 11) is 0. The van der Waals surface area contributed by atoms with Gasteiger partial charge in [0, 0.05) is 41.3 Å². The van der Waals surface area contributed by atoms with Crippen LogP contribution < -0.4 is 5.32 Å². The van der Waals surface area contributed by atoms with Crippen LogP contribution in [0.5, 0.6) is 0 Å². The summed E-state index contributed by atoms with van der Waals surface area (Å²) >= 11 is 14.1. The molecule has 3 rings (SSSR count). The second-order valence-corrected chi connectivity index (χ2v) is 8.49. The minimum absolute atomic E-state index is 0.0911. The molecule has 27 heavy (non-hydrogen) atoms. The fraction of sp³-hybridized carbons (Fsp3) is 0.381. The highest BCUT2D eigenvalue weighted by molar-refractivity contribution is 7.98. The summed E-state index contributed by atoms with van der Waals surface area (Å²) in [6, 6.07) is 15.6. The molecule has 1 amide bonds. The zero-order valence-electron chi connectivity index (χ0n) is 15.0. The van der Waals surface area contributed by atoms with Gasteiger partial charge in [0.25, 0.3) is 0 Å². The molecule has 1 heterocycles. The highest BCUT2D eigenvalue weighted by Crippen LogP contribution is 2.35. The first-order chi connectivity index (χ1) is 13.1. The molecule has 2 aromatic rings. The van der Waals surface area contributed by atoms with Crippen LogP contribution in [0.2, 0.25) is 10.0 Å². The van der Waals surface area contributed by atoms with Crippen LogP contribution in [-0.4, -0.2) is 31.4 Å². The van der Waals surface area contributed by atoms with Crippen LogP contribution in [0.4, 0.5) is 0 Å². The molecule has 1 saturated heterocycles. The summed E-state index contributed by atoms with van der Waals surface area (Å²) in [6.45, 7) is 1.84. The minimum Gasteiger partial charge on any atom is -0.381 e. The van der Waals surface area contributed by atoms with Crippen LogP contribution in [-0.2, 0) is 20.7 Å². The summed E-state index contributed by atoms with van der Waals surface area (Å²) < 4.78 is 5.50. The van der Waals surface area contributed by atoms with Crippen LogP contribution in [0.1, 0.15) is 24.0 Å². The third-order valence-electron chi connectivity index (χ3n) is 4.95. The maximum atomic E-state index is 13.0. The van der Waals surface area contributed by atoms with Gasteiger partial charge in [-0.05, 0) is 36.1 Å². The van der Waals surface area contributed by atoms with Gasteiger partial charge in [-0.15, -0.1) is 0 Å². The molecular weight excluding hydrogens is 401 g/mol. The van der Waals surface area contributed by atoms with E-state index in [2.05, 4.69) is 5.32 Å². The zero-order chi connectivity index (χ0) is 19.1. The van der Waals surface area contributed by atoms with Gasteiger partial charge in [0.15, 0.2) is 0 Å². The summed E-state index contributed by atoms with van der Waals surface area (Å²) in [5.74, 6) is 1.62. The van der Waals surface area contributed by atoms with Crippen LogP contribution in [0.25, 0.3) is 0 Å². The summed E-state index contributed by atoms with van der Waals surface area (Å²) in [5.41, 5.74) is 1.53. The van der Waals surface area contributed by atoms with E-state index in [1.54, 1.807) is 11.8 Å². The van der Waals surface area contributed by atoms with E-state index >= 15 is 0 Å². The second-order valence-electron chi connectivity index (χ2n) is 6.57. The number of hydrogen-bond acceptors (Lipinski definition) is 3. The Bertz CT molecular complexity index is 744. The Morgan fingerprint density at radius 2 is 1.70 bits per heavy atom. The molecule has 3 nitrogen and oxygen atoms in total. The number of thioether (sulfide) groups is 1. The Morgan fingerprint density at radius 3 is 2.37 bits per heavy atom. The van der Waals surface area contributed by atoms with Gasteiger partial charge in [-0.2, -0.15) is 11.8 Å². The van der Waals surface area contributed by atoms with E-state index < -0.39 is 5.41 Å². The molecule has 0 atom stereocenters. The third-order valence-corrected chi connectivity index (χ3v) is 6.64. The van der Waals surface area contributed by atoms with Gasteiger partial charge in [-0.3, -0.25) is 4.79 Å². The number of hydrogen-bond donors (Lipinski definition) is 1. The normalized spacial score (nSPS) is 16.1. The summed E-state index contributed by atoms with van der Waals surface area (Å²) in [5, 5.41) is 4.49. The predicted octanol–water partition coefficient (Wildman–Crippen LogP) is 5.09. The number of carbonyl (C=O) groups excluding carboxylic acids is 1. The Kier molecular flexibility index (Phi) is 7.48. The quantitative estimate of drug-likeness (QED) is 0.630. The summed E-state index contributed by atoms with van der Waals surface area (Å²) in [6.07, 6.45) is 1.43. The number of amides is 1. The fourth-order valence-corrected chi connectivity index (χ4v) is 4.97. The molecule has 1 N–H and O–H groups in total. The molecule has 0 unspecified atom stereocenters. The lowest BCUT2D eigenvalue weighted by molar-refractivity contribution is -0.130. The first kappa shape index (κ1) is 20.5. The highest BCUT2D eigenvalue weighted by atomic mass is 35.5. The second kappa shape index (κ2) is 9.83. The number of halogens is 2. The van der Waals surface area contributed by atoms with E-state index in [1.165, 1.54) is 0 Å². The molecule has 0 spiro atoms. The molecule has 0 aliphatic carbocycles. The monoisotopic (exact) mass is 423 g/mol. The molecule has 1 aliphatic heterocycles. The van der Waals surface area contributed by atoms with E-state index in [9.17, 15) is 4.79 Å². The van der Waals surface area contributed by atoms with E-state index in [-0.39, 0.29) is 5.91 Å². The molecule has 0 bridgehead atoms. The van der Waals surface area contributed by atoms with Crippen molar-refractivity contribution in [3.8, 4) is 0 Å². The van der Waals surface area contributed by atoms with Crippen molar-refractivity contribution in [2.45, 2.75) is 24.0 Å². The Hall–Kier alpha value is -1.20. The van der Waals surface area contributed by atoms with E-state index in [1.807, 2.05) is 48.5 Å². The van der Waals surface area contributed by atoms with E-state index in [4.69, 9.17) is 27.9 Å². The summed E-state index contributed by atoms with van der Waals surface area (Å²) in [4.78, 5) is 13.0. The van der Waals surface area contributed by atoms with Crippen LogP contribution in [0, 0.1) is 0 Å². The van der Waals surface area contributed by atoms with Crippen molar-refractivity contribution in [1.82, 2.24) is 5.32 Å². The number of carbonyl (C=O) groups is 1. The Labute approximate surface area is 174 Å². The number of ether oxygens (including phenoxy) is 1. The SMILES string of the molecule is O=C(NCCSCc1c(Cl)cccc1Cl)C1(c2ccccc2)CCOCC1. The third kappa shape index (κ3) is 5.00. The predicted molar refractivity (Wildman–Crippen MR) is 114 cm³/mol. The standard InChI is InChI=1S/C21H23Cl2NO2S/c22-18-7-4-8-19(23)17(18)15-27-14-11-24-20(25)21(9-12-26-13-10-21)16-5-2-1-3-6-16/h1-8H,9-15H2,(H,24,25). The lowest BCUT2D eigenvalue weighted by atomic mass is 9.73. The topological polar surface area (TPSA) is 38.3 Å². The minimum atomic E-state index is -0.490. The van der Waals surface area contributed by atoms with Crippen molar-refractivity contribution in [1.29, 1.82) is 0 Å². The molecule has 2 aromatic carbocycles. The van der Waals surface area contributed by atoms with Crippen molar-refractivity contribution in [3.63, 3.8) is 0 Å². The van der Waals surface area contributed by atoms with E-state index in [0.29, 0.717) is 42.6 Å². The van der Waals surface area contributed by atoms with Crippen molar-refractivity contribution < 1.29 is 9.53 Å². The maximum Gasteiger partial charge on any atom is 0.230 e. The smallest absolute Gasteiger partial charge is 0.230 e. The van der Waals surface area contributed by atoms with Crippen molar-refractivity contribution >= 4 is 40.9 Å². The number of rotatable bonds is 7. The average Bonchev–Trinajstić information content (AvgIpc) is 2.70. The fourth-order valence-electron chi connectivity index (χ4n) is 3.37. The van der Waals surface area contributed by atoms with Crippen molar-refractivity contribution in [3.05, 3.63) is 69.7 Å². The van der Waals surface area contributed by atoms with Gasteiger partial charge in [0.2, 0.25) is 5.91 Å². The zero-order valence-corrected chi connectivity index (χ0v) is 17.4. The van der Waals surface area contributed by atoms with Gasteiger partial charge >= 0.3 is 0 Å². The Morgan fingerprint density at radius 1 is 1.04 bits per heavy atom. The van der Waals surface area contributed by atoms with Gasteiger partial charge in [0.05, 0.1) is 5.41 Å². The molecule has 1 fully saturated rings. The molecule has 0 aromatic heterocycles. The Balaban J connectivity index is 1.54. The van der Waals surface area contributed by atoms with Gasteiger partial charge < -0.3 is 10.1 Å². The van der Waals surface area contributed by atoms with Crippen LogP contribution in [0.15, 0.2) is 48.5 Å².